The van der Waals surface area contributed by atoms with Crippen molar-refractivity contribution in [3.8, 4) is 0 Å². The molecule has 4 atom stereocenters. The lowest BCUT2D eigenvalue weighted by atomic mass is 9.72. The van der Waals surface area contributed by atoms with Gasteiger partial charge in [0.25, 0.3) is 5.91 Å². The van der Waals surface area contributed by atoms with Crippen LogP contribution in [0.5, 0.6) is 0 Å². The minimum Gasteiger partial charge on any atom is -0.373 e. The van der Waals surface area contributed by atoms with Crippen molar-refractivity contribution in [2.45, 2.75) is 56.6 Å². The maximum atomic E-state index is 14.0. The molecule has 0 saturated carbocycles. The van der Waals surface area contributed by atoms with Crippen LogP contribution in [0, 0.1) is 5.41 Å². The first-order valence-corrected chi connectivity index (χ1v) is 13.9. The zero-order valence-corrected chi connectivity index (χ0v) is 24.1. The second-order valence-corrected chi connectivity index (χ2v) is 12.0. The number of ketones is 1. The fourth-order valence-corrected chi connectivity index (χ4v) is 6.09. The van der Waals surface area contributed by atoms with Gasteiger partial charge in [-0.3, -0.25) is 19.4 Å². The summed E-state index contributed by atoms with van der Waals surface area (Å²) in [6.07, 6.45) is -4.29. The molecular weight excluding hydrogens is 585 g/mol. The van der Waals surface area contributed by atoms with Crippen molar-refractivity contribution < 1.29 is 32.3 Å². The van der Waals surface area contributed by atoms with Crippen LogP contribution in [-0.2, 0) is 25.5 Å². The highest BCUT2D eigenvalue weighted by Crippen LogP contribution is 2.39. The van der Waals surface area contributed by atoms with E-state index in [4.69, 9.17) is 22.1 Å². The van der Waals surface area contributed by atoms with Crippen LogP contribution in [0.2, 0.25) is 5.02 Å². The lowest BCUT2D eigenvalue weighted by Gasteiger charge is -2.38. The van der Waals surface area contributed by atoms with Gasteiger partial charge in [0.2, 0.25) is 5.91 Å². The van der Waals surface area contributed by atoms with E-state index in [1.807, 2.05) is 0 Å². The number of pyridine rings is 1. The smallest absolute Gasteiger partial charge is 0.373 e. The predicted molar refractivity (Wildman–Crippen MR) is 146 cm³/mol. The first kappa shape index (κ1) is 31.0. The molecule has 2 aromatic heterocycles. The minimum absolute atomic E-state index is 0.0102. The predicted octanol–water partition coefficient (Wildman–Crippen LogP) is 2.63. The summed E-state index contributed by atoms with van der Waals surface area (Å²) >= 11 is 7.33. The number of carbonyl (C=O) groups is 3. The van der Waals surface area contributed by atoms with E-state index in [1.54, 1.807) is 29.6 Å². The second-order valence-electron chi connectivity index (χ2n) is 10.6. The van der Waals surface area contributed by atoms with Gasteiger partial charge in [0.05, 0.1) is 22.3 Å². The van der Waals surface area contributed by atoms with Crippen LogP contribution in [0.1, 0.15) is 36.9 Å². The van der Waals surface area contributed by atoms with E-state index in [1.165, 1.54) is 38.5 Å². The molecule has 15 heteroatoms. The summed E-state index contributed by atoms with van der Waals surface area (Å²) in [5.41, 5.74) is 3.80. The highest BCUT2D eigenvalue weighted by Gasteiger charge is 2.56. The van der Waals surface area contributed by atoms with Gasteiger partial charge in [0, 0.05) is 48.6 Å². The lowest BCUT2D eigenvalue weighted by Crippen LogP contribution is -2.63. The number of halogens is 4. The maximum absolute atomic E-state index is 14.0. The van der Waals surface area contributed by atoms with Crippen LogP contribution in [0.3, 0.4) is 0 Å². The van der Waals surface area contributed by atoms with Gasteiger partial charge in [-0.05, 0) is 32.0 Å². The number of rotatable bonds is 10. The molecule has 4 N–H and O–H groups in total. The number of nitrogens with two attached hydrogens (primary N) is 1. The molecular formula is C26H30ClF3N6O4S. The quantitative estimate of drug-likeness (QED) is 0.374. The molecule has 0 aliphatic carbocycles. The van der Waals surface area contributed by atoms with Gasteiger partial charge in [-0.2, -0.15) is 18.3 Å². The van der Waals surface area contributed by atoms with Crippen molar-refractivity contribution >= 4 is 46.2 Å². The molecule has 0 aromatic carbocycles. The number of nitrogens with one attached hydrogen (secondary N) is 2. The summed E-state index contributed by atoms with van der Waals surface area (Å²) in [5.74, 6) is -1.97. The Labute approximate surface area is 243 Å². The zero-order chi connectivity index (χ0) is 30.2. The molecule has 4 heterocycles. The Morgan fingerprint density at radius 3 is 2.66 bits per heavy atom. The van der Waals surface area contributed by atoms with E-state index in [0.717, 1.165) is 0 Å². The molecule has 0 spiro atoms. The van der Waals surface area contributed by atoms with Crippen LogP contribution >= 0.6 is 22.9 Å². The summed E-state index contributed by atoms with van der Waals surface area (Å²) < 4.78 is 45.6. The monoisotopic (exact) mass is 614 g/mol. The number of hydrazone groups is 1. The molecule has 41 heavy (non-hydrogen) atoms. The van der Waals surface area contributed by atoms with Gasteiger partial charge < -0.3 is 21.1 Å². The van der Waals surface area contributed by atoms with Gasteiger partial charge >= 0.3 is 6.18 Å². The number of ether oxygens (including phenoxy) is 1. The van der Waals surface area contributed by atoms with E-state index in [-0.39, 0.29) is 25.1 Å². The van der Waals surface area contributed by atoms with Crippen molar-refractivity contribution in [1.82, 2.24) is 20.6 Å². The number of aromatic nitrogens is 1. The Balaban J connectivity index is 1.67. The highest BCUT2D eigenvalue weighted by molar-refractivity contribution is 7.10. The molecule has 4 rings (SSSR count). The van der Waals surface area contributed by atoms with E-state index in [0.29, 0.717) is 20.6 Å². The first-order valence-electron chi connectivity index (χ1n) is 12.6. The van der Waals surface area contributed by atoms with Crippen molar-refractivity contribution in [3.63, 3.8) is 0 Å². The number of piperidine rings is 1. The molecule has 4 unspecified atom stereocenters. The summed E-state index contributed by atoms with van der Waals surface area (Å²) in [4.78, 5) is 45.1. The summed E-state index contributed by atoms with van der Waals surface area (Å²) in [6, 6.07) is 4.41. The summed E-state index contributed by atoms with van der Waals surface area (Å²) in [6.45, 7) is 1.23. The Hall–Kier alpha value is -2.91. The number of nitrogens with zero attached hydrogens (tertiary/aromatic N) is 3. The Morgan fingerprint density at radius 1 is 1.37 bits per heavy atom. The third kappa shape index (κ3) is 6.78. The number of hydrogen-bond acceptors (Lipinski definition) is 9. The molecule has 2 aliphatic rings. The number of Topliss-reactive ketones (excluding diaryl/α,β-unsaturated/α-hetero) is 1. The lowest BCUT2D eigenvalue weighted by molar-refractivity contribution is -0.163. The summed E-state index contributed by atoms with van der Waals surface area (Å²) in [7, 11) is 1.37. The molecule has 0 bridgehead atoms. The molecule has 2 aromatic rings. The number of fused-ring (bicyclic) bond motifs is 1. The van der Waals surface area contributed by atoms with Crippen LogP contribution in [-0.4, -0.2) is 77.3 Å². The molecule has 10 nitrogen and oxygen atoms in total. The normalized spacial score (nSPS) is 22.6. The SMILES string of the molecule is COC(c1cc(Cl)cs1)C(NC(=O)C(C)(C)N)C(=O)C1CC2=NN(CC(F)(F)F)C(=O)C2(Cc2ccccn2)CN1. The van der Waals surface area contributed by atoms with Gasteiger partial charge in [-0.15, -0.1) is 11.3 Å². The number of hydrogen-bond donors (Lipinski definition) is 3. The number of methoxy groups -OCH3 is 1. The van der Waals surface area contributed by atoms with E-state index in [2.05, 4.69) is 20.7 Å². The van der Waals surface area contributed by atoms with Crippen molar-refractivity contribution in [1.29, 1.82) is 0 Å². The first-order chi connectivity index (χ1) is 19.1. The van der Waals surface area contributed by atoms with Crippen LogP contribution in [0.25, 0.3) is 0 Å². The Kier molecular flexibility index (Phi) is 8.90. The van der Waals surface area contributed by atoms with E-state index >= 15 is 0 Å². The third-order valence-corrected chi connectivity index (χ3v) is 8.31. The van der Waals surface area contributed by atoms with Crippen molar-refractivity contribution in [3.05, 3.63) is 51.4 Å². The average molecular weight is 615 g/mol. The molecule has 1 fully saturated rings. The number of thiophene rings is 1. The number of carbonyl (C=O) groups excluding carboxylic acids is 3. The van der Waals surface area contributed by atoms with Crippen LogP contribution < -0.4 is 16.4 Å². The molecule has 2 amide bonds. The van der Waals surface area contributed by atoms with Gasteiger partial charge in [-0.1, -0.05) is 17.7 Å². The molecule has 222 valence electrons. The van der Waals surface area contributed by atoms with Crippen LogP contribution in [0.4, 0.5) is 13.2 Å². The van der Waals surface area contributed by atoms with Crippen LogP contribution in [0.15, 0.2) is 40.9 Å². The van der Waals surface area contributed by atoms with Gasteiger partial charge in [0.15, 0.2) is 5.78 Å². The van der Waals surface area contributed by atoms with E-state index < -0.39 is 59.5 Å². The standard InChI is InChI=1S/C26H30ClF3N6O4S/c1-24(2,31)22(38)34-19(21(40-3)17-8-14(27)11-41-17)20(37)16-9-18-25(12-33-16,10-15-6-4-5-7-32-15)23(39)36(35-18)13-26(28,29)30/h4-8,11,16,19,21,33H,9-10,12-13,31H2,1-3H3,(H,34,38). The largest absolute Gasteiger partial charge is 0.408 e. The average Bonchev–Trinajstić information content (AvgIpc) is 3.43. The summed E-state index contributed by atoms with van der Waals surface area (Å²) in [5, 5.41) is 12.3. The maximum Gasteiger partial charge on any atom is 0.408 e. The van der Waals surface area contributed by atoms with Crippen molar-refractivity contribution in [2.24, 2.45) is 16.3 Å². The highest BCUT2D eigenvalue weighted by atomic mass is 35.5. The second kappa shape index (κ2) is 11.8. The van der Waals surface area contributed by atoms with E-state index in [9.17, 15) is 27.6 Å². The topological polar surface area (TPSA) is 139 Å². The molecule has 0 radical (unpaired) electrons. The fourth-order valence-electron chi connectivity index (χ4n) is 4.90. The number of amides is 2. The third-order valence-electron chi connectivity index (χ3n) is 6.97. The van der Waals surface area contributed by atoms with Gasteiger partial charge in [0.1, 0.15) is 24.1 Å². The fraction of sp³-hybridized carbons (Fsp3) is 0.500. The van der Waals surface area contributed by atoms with Gasteiger partial charge in [-0.25, -0.2) is 5.01 Å². The number of alkyl halides is 3. The molecule has 2 aliphatic heterocycles. The molecule has 1 saturated heterocycles. The van der Waals surface area contributed by atoms with Crippen molar-refractivity contribution in [2.75, 3.05) is 20.2 Å². The Morgan fingerprint density at radius 2 is 2.10 bits per heavy atom. The zero-order valence-electron chi connectivity index (χ0n) is 22.5. The Bertz CT molecular complexity index is 1330. The minimum atomic E-state index is -4.68.